The Morgan fingerprint density at radius 1 is 1.37 bits per heavy atom. The summed E-state index contributed by atoms with van der Waals surface area (Å²) < 4.78 is 24.8. The molecule has 0 saturated heterocycles. The van der Waals surface area contributed by atoms with Crippen LogP contribution in [0.2, 0.25) is 0 Å². The molecule has 1 aromatic rings. The minimum absolute atomic E-state index is 0.00647. The van der Waals surface area contributed by atoms with Gasteiger partial charge in [0.2, 0.25) is 10.0 Å². The molecule has 5 nitrogen and oxygen atoms in total. The van der Waals surface area contributed by atoms with E-state index in [-0.39, 0.29) is 10.3 Å². The zero-order chi connectivity index (χ0) is 14.6. The van der Waals surface area contributed by atoms with Crippen LogP contribution in [-0.2, 0) is 10.0 Å². The Kier molecular flexibility index (Phi) is 5.58. The fraction of sp³-hybridized carbons (Fsp3) is 0.583. The van der Waals surface area contributed by atoms with E-state index in [0.29, 0.717) is 18.3 Å². The van der Waals surface area contributed by atoms with E-state index < -0.39 is 10.0 Å². The molecule has 1 unspecified atom stereocenters. The Morgan fingerprint density at radius 2 is 2.00 bits per heavy atom. The summed E-state index contributed by atoms with van der Waals surface area (Å²) in [6.07, 6.45) is 1.34. The molecule has 0 aromatic carbocycles. The van der Waals surface area contributed by atoms with Gasteiger partial charge >= 0.3 is 0 Å². The van der Waals surface area contributed by atoms with Crippen molar-refractivity contribution >= 4 is 27.4 Å². The largest absolute Gasteiger partial charge is 0.369 e. The van der Waals surface area contributed by atoms with E-state index >= 15 is 0 Å². The van der Waals surface area contributed by atoms with Crippen molar-refractivity contribution in [2.24, 2.45) is 5.92 Å². The Labute approximate surface area is 120 Å². The maximum absolute atomic E-state index is 11.8. The summed E-state index contributed by atoms with van der Waals surface area (Å²) in [5.74, 6) is 0.978. The molecule has 0 spiro atoms. The summed E-state index contributed by atoms with van der Waals surface area (Å²) in [5, 5.41) is 3.09. The first kappa shape index (κ1) is 16.2. The molecule has 0 aliphatic rings. The highest BCUT2D eigenvalue weighted by Crippen LogP contribution is 2.15. The Hall–Kier alpha value is -0.850. The zero-order valence-electron chi connectivity index (χ0n) is 11.6. The number of hydrogen-bond acceptors (Lipinski definition) is 4. The van der Waals surface area contributed by atoms with Crippen LogP contribution in [0.1, 0.15) is 13.8 Å². The van der Waals surface area contributed by atoms with Gasteiger partial charge in [-0.2, -0.15) is 0 Å². The maximum atomic E-state index is 11.8. The maximum Gasteiger partial charge on any atom is 0.244 e. The number of halogens is 1. The van der Waals surface area contributed by atoms with Gasteiger partial charge < -0.3 is 5.32 Å². The van der Waals surface area contributed by atoms with Crippen LogP contribution in [0.3, 0.4) is 0 Å². The van der Waals surface area contributed by atoms with Gasteiger partial charge in [0.25, 0.3) is 0 Å². The lowest BCUT2D eigenvalue weighted by Crippen LogP contribution is -2.23. The normalized spacial score (nSPS) is 13.8. The first-order valence-corrected chi connectivity index (χ1v) is 7.89. The second kappa shape index (κ2) is 6.54. The number of anilines is 1. The van der Waals surface area contributed by atoms with E-state index in [1.165, 1.54) is 26.4 Å². The molecule has 1 heterocycles. The summed E-state index contributed by atoms with van der Waals surface area (Å²) in [5.41, 5.74) is 0. The van der Waals surface area contributed by atoms with Crippen LogP contribution in [0.25, 0.3) is 0 Å². The number of nitrogens with zero attached hydrogens (tertiary/aromatic N) is 2. The smallest absolute Gasteiger partial charge is 0.244 e. The number of alkyl halides is 1. The monoisotopic (exact) mass is 305 g/mol. The van der Waals surface area contributed by atoms with Gasteiger partial charge in [-0.3, -0.25) is 0 Å². The highest BCUT2D eigenvalue weighted by molar-refractivity contribution is 7.89. The van der Waals surface area contributed by atoms with Crippen LogP contribution in [0, 0.1) is 5.92 Å². The van der Waals surface area contributed by atoms with Crippen LogP contribution in [-0.4, -0.2) is 43.7 Å². The molecule has 108 valence electrons. The molecule has 1 N–H and O–H groups in total. The van der Waals surface area contributed by atoms with Gasteiger partial charge in [-0.05, 0) is 18.1 Å². The lowest BCUT2D eigenvalue weighted by Gasteiger charge is -2.15. The molecule has 7 heteroatoms. The minimum Gasteiger partial charge on any atom is -0.369 e. The van der Waals surface area contributed by atoms with Gasteiger partial charge in [0.05, 0.1) is 5.38 Å². The van der Waals surface area contributed by atoms with Crippen molar-refractivity contribution in [1.29, 1.82) is 0 Å². The number of nitrogens with one attached hydrogen (secondary N) is 1. The molecular weight excluding hydrogens is 286 g/mol. The van der Waals surface area contributed by atoms with Gasteiger partial charge in [-0.15, -0.1) is 11.6 Å². The van der Waals surface area contributed by atoms with Crippen molar-refractivity contribution < 1.29 is 8.42 Å². The van der Waals surface area contributed by atoms with E-state index in [0.717, 1.165) is 4.31 Å². The van der Waals surface area contributed by atoms with Crippen LogP contribution in [0.15, 0.2) is 23.2 Å². The van der Waals surface area contributed by atoms with E-state index in [1.807, 2.05) is 13.8 Å². The molecule has 0 radical (unpaired) electrons. The molecule has 0 amide bonds. The zero-order valence-corrected chi connectivity index (χ0v) is 13.2. The van der Waals surface area contributed by atoms with Crippen molar-refractivity contribution in [2.75, 3.05) is 26.0 Å². The fourth-order valence-corrected chi connectivity index (χ4v) is 2.21. The summed E-state index contributed by atoms with van der Waals surface area (Å²) in [6, 6.07) is 3.17. The number of pyridine rings is 1. The van der Waals surface area contributed by atoms with Crippen molar-refractivity contribution in [1.82, 2.24) is 9.29 Å². The molecule has 0 aliphatic heterocycles. The lowest BCUT2D eigenvalue weighted by molar-refractivity contribution is 0.520. The van der Waals surface area contributed by atoms with E-state index in [1.54, 1.807) is 6.07 Å². The average molecular weight is 306 g/mol. The summed E-state index contributed by atoms with van der Waals surface area (Å²) in [7, 11) is -0.445. The predicted molar refractivity (Wildman–Crippen MR) is 78.1 cm³/mol. The van der Waals surface area contributed by atoms with Crippen molar-refractivity contribution in [3.63, 3.8) is 0 Å². The highest BCUT2D eigenvalue weighted by Gasteiger charge is 2.17. The Morgan fingerprint density at radius 3 is 2.42 bits per heavy atom. The van der Waals surface area contributed by atoms with E-state index in [9.17, 15) is 8.42 Å². The molecule has 1 atom stereocenters. The van der Waals surface area contributed by atoms with Crippen LogP contribution >= 0.6 is 11.6 Å². The van der Waals surface area contributed by atoms with Gasteiger partial charge in [0, 0.05) is 26.8 Å². The predicted octanol–water partition coefficient (Wildman–Crippen LogP) is 2.01. The SMILES string of the molecule is CC(C)C(Cl)CNc1ccc(S(=O)(=O)N(C)C)cn1. The van der Waals surface area contributed by atoms with E-state index in [2.05, 4.69) is 10.3 Å². The second-order valence-electron chi connectivity index (χ2n) is 4.81. The van der Waals surface area contributed by atoms with E-state index in [4.69, 9.17) is 11.6 Å². The number of rotatable bonds is 6. The Balaban J connectivity index is 2.73. The topological polar surface area (TPSA) is 62.3 Å². The summed E-state index contributed by atoms with van der Waals surface area (Å²) >= 11 is 6.12. The Bertz CT molecular complexity index is 500. The van der Waals surface area contributed by atoms with Crippen molar-refractivity contribution in [2.45, 2.75) is 24.1 Å². The highest BCUT2D eigenvalue weighted by atomic mass is 35.5. The first-order chi connectivity index (χ1) is 8.75. The molecule has 0 aliphatic carbocycles. The summed E-state index contributed by atoms with van der Waals surface area (Å²) in [6.45, 7) is 4.67. The molecule has 0 saturated carbocycles. The quantitative estimate of drug-likeness (QED) is 0.817. The molecule has 1 rings (SSSR count). The van der Waals surface area contributed by atoms with Gasteiger partial charge in [0.1, 0.15) is 10.7 Å². The number of aromatic nitrogens is 1. The van der Waals surface area contributed by atoms with Gasteiger partial charge in [-0.1, -0.05) is 13.8 Å². The third-order valence-corrected chi connectivity index (χ3v) is 5.17. The lowest BCUT2D eigenvalue weighted by atomic mass is 10.1. The van der Waals surface area contributed by atoms with Crippen molar-refractivity contribution in [3.8, 4) is 0 Å². The average Bonchev–Trinajstić information content (AvgIpc) is 2.36. The molecule has 0 fully saturated rings. The van der Waals surface area contributed by atoms with Crippen LogP contribution < -0.4 is 5.32 Å². The van der Waals surface area contributed by atoms with Gasteiger partial charge in [-0.25, -0.2) is 17.7 Å². The van der Waals surface area contributed by atoms with Crippen molar-refractivity contribution in [3.05, 3.63) is 18.3 Å². The first-order valence-electron chi connectivity index (χ1n) is 6.01. The third-order valence-electron chi connectivity index (χ3n) is 2.72. The standard InChI is InChI=1S/C12H20ClN3O2S/c1-9(2)11(13)8-15-12-6-5-10(7-14-12)19(17,18)16(3)4/h5-7,9,11H,8H2,1-4H3,(H,14,15). The third kappa shape index (κ3) is 4.33. The number of hydrogen-bond donors (Lipinski definition) is 1. The van der Waals surface area contributed by atoms with Crippen LogP contribution in [0.5, 0.6) is 0 Å². The molecule has 19 heavy (non-hydrogen) atoms. The second-order valence-corrected chi connectivity index (χ2v) is 7.52. The fourth-order valence-electron chi connectivity index (χ4n) is 1.29. The van der Waals surface area contributed by atoms with Gasteiger partial charge in [0.15, 0.2) is 0 Å². The molecule has 0 bridgehead atoms. The number of sulfonamides is 1. The summed E-state index contributed by atoms with van der Waals surface area (Å²) in [4.78, 5) is 4.26. The minimum atomic E-state index is -3.42. The molecular formula is C12H20ClN3O2S. The molecule has 1 aromatic heterocycles. The van der Waals surface area contributed by atoms with Crippen LogP contribution in [0.4, 0.5) is 5.82 Å².